The first-order valence-electron chi connectivity index (χ1n) is 7.07. The molecule has 1 aliphatic heterocycles. The van der Waals surface area contributed by atoms with Gasteiger partial charge < -0.3 is 5.32 Å². The van der Waals surface area contributed by atoms with Gasteiger partial charge in [-0.15, -0.1) is 0 Å². The lowest BCUT2D eigenvalue weighted by Gasteiger charge is -2.35. The molecule has 1 fully saturated rings. The van der Waals surface area contributed by atoms with Crippen LogP contribution in [0.25, 0.3) is 0 Å². The van der Waals surface area contributed by atoms with Gasteiger partial charge in [-0.05, 0) is 18.2 Å². The Balaban J connectivity index is 2.15. The molecule has 5 nitrogen and oxygen atoms in total. The molecule has 1 unspecified atom stereocenters. The van der Waals surface area contributed by atoms with Crippen molar-refractivity contribution in [2.75, 3.05) is 32.7 Å². The van der Waals surface area contributed by atoms with Gasteiger partial charge in [-0.25, -0.2) is 17.5 Å². The van der Waals surface area contributed by atoms with Crippen LogP contribution in [0.3, 0.4) is 0 Å². The zero-order valence-electron chi connectivity index (χ0n) is 12.4. The molecule has 0 aromatic heterocycles. The Hall–Kier alpha value is -0.940. The van der Waals surface area contributed by atoms with E-state index in [1.807, 2.05) is 4.72 Å². The van der Waals surface area contributed by atoms with Crippen LogP contribution < -0.4 is 10.0 Å². The molecule has 0 radical (unpaired) electrons. The molecular weight excluding hydrogens is 374 g/mol. The van der Waals surface area contributed by atoms with Gasteiger partial charge in [0.15, 0.2) is 0 Å². The lowest BCUT2D eigenvalue weighted by atomic mass is 10.2. The second-order valence-electron chi connectivity index (χ2n) is 5.27. The van der Waals surface area contributed by atoms with E-state index in [-0.39, 0.29) is 13.1 Å². The second-order valence-corrected chi connectivity index (χ2v) is 7.41. The zero-order chi connectivity index (χ0) is 18.0. The van der Waals surface area contributed by atoms with Crippen molar-refractivity contribution in [2.24, 2.45) is 0 Å². The van der Waals surface area contributed by atoms with Gasteiger partial charge in [0.25, 0.3) is 0 Å². The van der Waals surface area contributed by atoms with E-state index in [1.54, 1.807) is 0 Å². The van der Waals surface area contributed by atoms with E-state index in [9.17, 15) is 26.0 Å². The highest BCUT2D eigenvalue weighted by atomic mass is 35.5. The number of hydrogen-bond acceptors (Lipinski definition) is 4. The number of sulfonamides is 1. The number of nitrogens with zero attached hydrogens (tertiary/aromatic N) is 1. The number of nitrogens with one attached hydrogen (secondary N) is 2. The predicted molar refractivity (Wildman–Crippen MR) is 80.9 cm³/mol. The molecule has 0 spiro atoms. The Morgan fingerprint density at radius 2 is 1.92 bits per heavy atom. The SMILES string of the molecule is O=S(=O)(NCC(N1CCNCC1)C(F)(F)F)c1ccc(F)cc1Cl. The van der Waals surface area contributed by atoms with Crippen LogP contribution in [0.2, 0.25) is 5.02 Å². The quantitative estimate of drug-likeness (QED) is 0.751. The molecule has 24 heavy (non-hydrogen) atoms. The molecule has 1 saturated heterocycles. The first kappa shape index (κ1) is 19.4. The van der Waals surface area contributed by atoms with E-state index >= 15 is 0 Å². The van der Waals surface area contributed by atoms with E-state index in [0.29, 0.717) is 13.1 Å². The van der Waals surface area contributed by atoms with Crippen molar-refractivity contribution in [3.63, 3.8) is 0 Å². The summed E-state index contributed by atoms with van der Waals surface area (Å²) in [4.78, 5) is 0.706. The van der Waals surface area contributed by atoms with Crippen molar-refractivity contribution in [1.29, 1.82) is 0 Å². The van der Waals surface area contributed by atoms with E-state index in [0.717, 1.165) is 18.2 Å². The summed E-state index contributed by atoms with van der Waals surface area (Å²) in [5, 5.41) is 2.54. The number of halogens is 5. The molecule has 1 heterocycles. The average Bonchev–Trinajstić information content (AvgIpc) is 2.46. The third-order valence-corrected chi connectivity index (χ3v) is 5.53. The lowest BCUT2D eigenvalue weighted by molar-refractivity contribution is -0.182. The maximum absolute atomic E-state index is 13.2. The average molecular weight is 390 g/mol. The van der Waals surface area contributed by atoms with Gasteiger partial charge in [0.05, 0.1) is 5.02 Å². The second kappa shape index (κ2) is 7.52. The highest BCUT2D eigenvalue weighted by Crippen LogP contribution is 2.26. The molecule has 136 valence electrons. The van der Waals surface area contributed by atoms with Crippen molar-refractivity contribution < 1.29 is 26.0 Å². The van der Waals surface area contributed by atoms with Crippen LogP contribution in [0, 0.1) is 5.82 Å². The Kier molecular flexibility index (Phi) is 6.08. The topological polar surface area (TPSA) is 61.4 Å². The van der Waals surface area contributed by atoms with Crippen LogP contribution in [-0.4, -0.2) is 58.3 Å². The fraction of sp³-hybridized carbons (Fsp3) is 0.538. The molecular formula is C13H16ClF4N3O2S. The van der Waals surface area contributed by atoms with Crippen LogP contribution in [0.4, 0.5) is 17.6 Å². The largest absolute Gasteiger partial charge is 0.405 e. The molecule has 1 aromatic rings. The Morgan fingerprint density at radius 3 is 2.46 bits per heavy atom. The van der Waals surface area contributed by atoms with Crippen molar-refractivity contribution in [3.8, 4) is 0 Å². The maximum atomic E-state index is 13.2. The van der Waals surface area contributed by atoms with Crippen LogP contribution in [-0.2, 0) is 10.0 Å². The van der Waals surface area contributed by atoms with E-state index in [2.05, 4.69) is 5.32 Å². The minimum atomic E-state index is -4.59. The molecule has 0 aliphatic carbocycles. The summed E-state index contributed by atoms with van der Waals surface area (Å²) in [6, 6.07) is 0.618. The monoisotopic (exact) mass is 389 g/mol. The zero-order valence-corrected chi connectivity index (χ0v) is 14.0. The summed E-state index contributed by atoms with van der Waals surface area (Å²) < 4.78 is 79.0. The van der Waals surface area contributed by atoms with Gasteiger partial charge in [0.1, 0.15) is 16.8 Å². The van der Waals surface area contributed by atoms with E-state index in [1.165, 1.54) is 4.90 Å². The fourth-order valence-corrected chi connectivity index (χ4v) is 3.97. The summed E-state index contributed by atoms with van der Waals surface area (Å²) in [6.45, 7) is 0.248. The van der Waals surface area contributed by atoms with E-state index < -0.39 is 44.5 Å². The number of rotatable bonds is 5. The molecule has 0 amide bonds. The Bertz CT molecular complexity index is 678. The number of alkyl halides is 3. The molecule has 1 aliphatic rings. The van der Waals surface area contributed by atoms with Crippen LogP contribution in [0.5, 0.6) is 0 Å². The Morgan fingerprint density at radius 1 is 1.29 bits per heavy atom. The maximum Gasteiger partial charge on any atom is 0.405 e. The summed E-state index contributed by atoms with van der Waals surface area (Å²) in [5.41, 5.74) is 0. The van der Waals surface area contributed by atoms with Crippen molar-refractivity contribution in [1.82, 2.24) is 14.9 Å². The molecule has 0 bridgehead atoms. The standard InChI is InChI=1S/C13H16ClF4N3O2S/c14-10-7-9(15)1-2-11(10)24(22,23)20-8-12(13(16,17)18)21-5-3-19-4-6-21/h1-2,7,12,19-20H,3-6,8H2. The van der Waals surface area contributed by atoms with Crippen molar-refractivity contribution in [2.45, 2.75) is 17.1 Å². The number of piperazine rings is 1. The predicted octanol–water partition coefficient (Wildman–Crippen LogP) is 1.59. The highest BCUT2D eigenvalue weighted by Gasteiger charge is 2.44. The van der Waals surface area contributed by atoms with Crippen molar-refractivity contribution >= 4 is 21.6 Å². The summed E-state index contributed by atoms with van der Waals surface area (Å²) in [5.74, 6) is -0.743. The van der Waals surface area contributed by atoms with Crippen LogP contribution >= 0.6 is 11.6 Å². The summed E-state index contributed by atoms with van der Waals surface area (Å²) >= 11 is 5.67. The lowest BCUT2D eigenvalue weighted by Crippen LogP contribution is -2.57. The van der Waals surface area contributed by atoms with Crippen molar-refractivity contribution in [3.05, 3.63) is 29.0 Å². The third kappa shape index (κ3) is 4.79. The van der Waals surface area contributed by atoms with Gasteiger partial charge in [-0.2, -0.15) is 13.2 Å². The minimum Gasteiger partial charge on any atom is -0.314 e. The summed E-state index contributed by atoms with van der Waals surface area (Å²) in [6.07, 6.45) is -4.59. The number of benzene rings is 1. The molecule has 2 N–H and O–H groups in total. The van der Waals surface area contributed by atoms with Gasteiger partial charge in [-0.1, -0.05) is 11.6 Å². The van der Waals surface area contributed by atoms with Gasteiger partial charge in [-0.3, -0.25) is 4.90 Å². The van der Waals surface area contributed by atoms with Crippen LogP contribution in [0.1, 0.15) is 0 Å². The first-order valence-corrected chi connectivity index (χ1v) is 8.93. The fourth-order valence-electron chi connectivity index (χ4n) is 2.41. The number of hydrogen-bond donors (Lipinski definition) is 2. The molecule has 1 atom stereocenters. The van der Waals surface area contributed by atoms with Crippen LogP contribution in [0.15, 0.2) is 23.1 Å². The van der Waals surface area contributed by atoms with E-state index in [4.69, 9.17) is 11.6 Å². The van der Waals surface area contributed by atoms with Gasteiger partial charge in [0.2, 0.25) is 10.0 Å². The summed E-state index contributed by atoms with van der Waals surface area (Å²) in [7, 11) is -4.29. The van der Waals surface area contributed by atoms with Gasteiger partial charge in [0, 0.05) is 32.7 Å². The molecule has 2 rings (SSSR count). The minimum absolute atomic E-state index is 0.156. The van der Waals surface area contributed by atoms with Gasteiger partial charge >= 0.3 is 6.18 Å². The Labute approximate surface area is 142 Å². The first-order chi connectivity index (χ1) is 11.1. The molecule has 1 aromatic carbocycles. The smallest absolute Gasteiger partial charge is 0.314 e. The molecule has 11 heteroatoms. The highest BCUT2D eigenvalue weighted by molar-refractivity contribution is 7.89. The molecule has 0 saturated carbocycles. The normalized spacial score (nSPS) is 18.5. The third-order valence-electron chi connectivity index (χ3n) is 3.62.